The number of alkyl halides is 3. The fraction of sp³-hybridized carbons (Fsp3) is 0.409. The van der Waals surface area contributed by atoms with Crippen molar-refractivity contribution in [2.24, 2.45) is 17.6 Å². The van der Waals surface area contributed by atoms with E-state index in [9.17, 15) is 32.7 Å². The summed E-state index contributed by atoms with van der Waals surface area (Å²) in [7, 11) is 0. The van der Waals surface area contributed by atoms with Crippen LogP contribution in [0.2, 0.25) is 0 Å². The fourth-order valence-electron chi connectivity index (χ4n) is 4.50. The van der Waals surface area contributed by atoms with Crippen molar-refractivity contribution in [2.75, 3.05) is 0 Å². The smallest absolute Gasteiger partial charge is 0.491 e. The van der Waals surface area contributed by atoms with Crippen LogP contribution in [-0.2, 0) is 9.53 Å². The number of hydrogen-bond donors (Lipinski definition) is 3. The van der Waals surface area contributed by atoms with Crippen LogP contribution in [0.1, 0.15) is 46.4 Å². The van der Waals surface area contributed by atoms with Crippen LogP contribution >= 0.6 is 0 Å². The number of carbonyl (C=O) groups is 3. The van der Waals surface area contributed by atoms with Crippen LogP contribution in [0.15, 0.2) is 47.6 Å². The van der Waals surface area contributed by atoms with Gasteiger partial charge in [-0.25, -0.2) is 4.79 Å². The molecule has 3 aliphatic rings. The van der Waals surface area contributed by atoms with Crippen molar-refractivity contribution in [1.29, 1.82) is 0 Å². The Morgan fingerprint density at radius 2 is 1.59 bits per heavy atom. The van der Waals surface area contributed by atoms with Crippen LogP contribution in [0.25, 0.3) is 0 Å². The first kappa shape index (κ1) is 22.1. The number of Topliss-reactive ketones (excluding diaryl/α,β-unsaturated/α-hetero) is 2. The van der Waals surface area contributed by atoms with Gasteiger partial charge in [0.1, 0.15) is 5.76 Å². The number of carbonyl (C=O) groups excluding carboxylic acids is 3. The molecule has 0 aliphatic heterocycles. The number of ketones is 2. The Kier molecular flexibility index (Phi) is 5.58. The molecule has 170 valence electrons. The first-order chi connectivity index (χ1) is 15.1. The Balaban J connectivity index is 1.79. The van der Waals surface area contributed by atoms with Gasteiger partial charge in [-0.3, -0.25) is 9.59 Å². The molecule has 0 amide bonds. The molecule has 3 aliphatic carbocycles. The average Bonchev–Trinajstić information content (AvgIpc) is 2.74. The highest BCUT2D eigenvalue weighted by atomic mass is 19.4. The minimum atomic E-state index is -5.28. The summed E-state index contributed by atoms with van der Waals surface area (Å²) in [6, 6.07) is 5.78. The second-order valence-electron chi connectivity index (χ2n) is 8.22. The molecule has 1 saturated carbocycles. The summed E-state index contributed by atoms with van der Waals surface area (Å²) in [4.78, 5) is 37.9. The molecule has 2 unspecified atom stereocenters. The number of rotatable bonds is 3. The molecule has 32 heavy (non-hydrogen) atoms. The first-order valence-electron chi connectivity index (χ1n) is 10.2. The second kappa shape index (κ2) is 8.09. The van der Waals surface area contributed by atoms with Crippen LogP contribution in [0.4, 0.5) is 13.2 Å². The molecule has 0 spiro atoms. The van der Waals surface area contributed by atoms with E-state index in [-0.39, 0.29) is 28.9 Å². The van der Waals surface area contributed by atoms with Crippen molar-refractivity contribution in [1.82, 2.24) is 5.32 Å². The van der Waals surface area contributed by atoms with Gasteiger partial charge in [0.2, 0.25) is 0 Å². The number of aliphatic hydroxyl groups is 1. The van der Waals surface area contributed by atoms with Crippen LogP contribution in [0.5, 0.6) is 0 Å². The summed E-state index contributed by atoms with van der Waals surface area (Å²) in [5.74, 6) is -7.50. The van der Waals surface area contributed by atoms with E-state index in [1.54, 1.807) is 12.1 Å². The van der Waals surface area contributed by atoms with Gasteiger partial charge in [-0.05, 0) is 25.7 Å². The number of nitrogens with one attached hydrogen (secondary N) is 1. The molecule has 1 aromatic rings. The number of hydrogen-bond acceptors (Lipinski definition) is 7. The highest BCUT2D eigenvalue weighted by Crippen LogP contribution is 2.42. The van der Waals surface area contributed by atoms with E-state index >= 15 is 0 Å². The normalized spacial score (nSPS) is 27.9. The van der Waals surface area contributed by atoms with Crippen molar-refractivity contribution >= 4 is 17.5 Å². The van der Waals surface area contributed by atoms with Crippen LogP contribution in [0.3, 0.4) is 0 Å². The maximum Gasteiger partial charge on any atom is 0.491 e. The molecule has 0 heterocycles. The quantitative estimate of drug-likeness (QED) is 0.606. The Labute approximate surface area is 181 Å². The number of ether oxygens (including phenoxy) is 1. The number of allylic oxidation sites excluding steroid dienone is 3. The predicted molar refractivity (Wildman–Crippen MR) is 105 cm³/mol. The van der Waals surface area contributed by atoms with E-state index < -0.39 is 47.1 Å². The Morgan fingerprint density at radius 1 is 1.03 bits per heavy atom. The minimum absolute atomic E-state index is 0.00244. The molecule has 0 aromatic heterocycles. The van der Waals surface area contributed by atoms with Crippen LogP contribution in [-0.4, -0.2) is 40.9 Å². The molecule has 2 atom stereocenters. The van der Waals surface area contributed by atoms with Gasteiger partial charge in [-0.1, -0.05) is 24.3 Å². The first-order valence-corrected chi connectivity index (χ1v) is 10.2. The lowest BCUT2D eigenvalue weighted by Gasteiger charge is -2.38. The maximum atomic E-state index is 13.3. The molecule has 4 N–H and O–H groups in total. The minimum Gasteiger partial charge on any atom is -0.511 e. The van der Waals surface area contributed by atoms with Crippen LogP contribution < -0.4 is 11.1 Å². The highest BCUT2D eigenvalue weighted by Gasteiger charge is 2.50. The number of benzene rings is 1. The third kappa shape index (κ3) is 3.90. The lowest BCUT2D eigenvalue weighted by atomic mass is 9.69. The molecule has 0 radical (unpaired) electrons. The number of aliphatic hydroxyl groups excluding tert-OH is 1. The van der Waals surface area contributed by atoms with E-state index in [0.717, 1.165) is 6.08 Å². The lowest BCUT2D eigenvalue weighted by molar-refractivity contribution is -0.195. The van der Waals surface area contributed by atoms with Gasteiger partial charge < -0.3 is 20.9 Å². The molecule has 10 heteroatoms. The van der Waals surface area contributed by atoms with Crippen molar-refractivity contribution in [3.05, 3.63) is 58.7 Å². The maximum absolute atomic E-state index is 13.3. The fourth-order valence-corrected chi connectivity index (χ4v) is 4.50. The largest absolute Gasteiger partial charge is 0.511 e. The van der Waals surface area contributed by atoms with Crippen molar-refractivity contribution in [3.63, 3.8) is 0 Å². The topological polar surface area (TPSA) is 119 Å². The molecule has 1 aromatic carbocycles. The van der Waals surface area contributed by atoms with Crippen molar-refractivity contribution < 1.29 is 37.4 Å². The lowest BCUT2D eigenvalue weighted by Crippen LogP contribution is -2.47. The van der Waals surface area contributed by atoms with E-state index in [0.29, 0.717) is 25.7 Å². The van der Waals surface area contributed by atoms with E-state index in [1.807, 2.05) is 0 Å². The number of fused-ring (bicyclic) bond motifs is 2. The number of halogens is 3. The molecule has 0 bridgehead atoms. The van der Waals surface area contributed by atoms with E-state index in [2.05, 4.69) is 10.1 Å². The summed E-state index contributed by atoms with van der Waals surface area (Å²) in [6.07, 6.45) is -2.00. The van der Waals surface area contributed by atoms with Crippen molar-refractivity contribution in [2.45, 2.75) is 43.9 Å². The molecule has 7 nitrogen and oxygen atoms in total. The molecule has 1 fully saturated rings. The average molecular weight is 450 g/mol. The Morgan fingerprint density at radius 3 is 2.16 bits per heavy atom. The highest BCUT2D eigenvalue weighted by molar-refractivity contribution is 6.18. The van der Waals surface area contributed by atoms with Gasteiger partial charge in [0.05, 0.1) is 17.5 Å². The summed E-state index contributed by atoms with van der Waals surface area (Å²) in [5.41, 5.74) is 6.02. The van der Waals surface area contributed by atoms with Crippen molar-refractivity contribution in [3.8, 4) is 0 Å². The molecule has 4 rings (SSSR count). The van der Waals surface area contributed by atoms with E-state index in [4.69, 9.17) is 5.73 Å². The van der Waals surface area contributed by atoms with Gasteiger partial charge in [0, 0.05) is 29.3 Å². The molecule has 0 saturated heterocycles. The van der Waals surface area contributed by atoms with Gasteiger partial charge >= 0.3 is 12.1 Å². The summed E-state index contributed by atoms with van der Waals surface area (Å²) >= 11 is 0. The van der Waals surface area contributed by atoms with Gasteiger partial charge in [-0.15, -0.1) is 0 Å². The molecular formula is C22H21F3N2O5. The van der Waals surface area contributed by atoms with Gasteiger partial charge in [0.15, 0.2) is 17.3 Å². The number of esters is 1. The predicted octanol–water partition coefficient (Wildman–Crippen LogP) is 2.93. The Hall–Kier alpha value is -3.14. The molecular weight excluding hydrogens is 429 g/mol. The third-order valence-corrected chi connectivity index (χ3v) is 6.10. The summed E-state index contributed by atoms with van der Waals surface area (Å²) in [5, 5.41) is 13.5. The zero-order valence-electron chi connectivity index (χ0n) is 16.8. The summed E-state index contributed by atoms with van der Waals surface area (Å²) in [6.45, 7) is 0. The zero-order valence-corrected chi connectivity index (χ0v) is 16.8. The zero-order chi connectivity index (χ0) is 23.2. The van der Waals surface area contributed by atoms with Gasteiger partial charge in [-0.2, -0.15) is 13.2 Å². The van der Waals surface area contributed by atoms with Crippen LogP contribution in [0, 0.1) is 11.8 Å². The second-order valence-corrected chi connectivity index (χ2v) is 8.22. The third-order valence-electron chi connectivity index (χ3n) is 6.10. The Bertz CT molecular complexity index is 1040. The monoisotopic (exact) mass is 450 g/mol. The SMILES string of the molecule is NC1CCC(NC2=C(OC(=O)C(F)(F)F)C=C(O)C3C(=O)c4ccccc4C(=O)C23)CC1. The summed E-state index contributed by atoms with van der Waals surface area (Å²) < 4.78 is 43.1. The number of nitrogens with two attached hydrogens (primary N) is 1. The van der Waals surface area contributed by atoms with Gasteiger partial charge in [0.25, 0.3) is 0 Å². The van der Waals surface area contributed by atoms with E-state index in [1.165, 1.54) is 12.1 Å². The standard InChI is InChI=1S/C22H21F3N2O5/c23-22(24,25)21(31)32-15-9-14(28)16-17(18(15)27-11-7-5-10(26)6-8-11)20(30)13-4-2-1-3-12(13)19(16)29/h1-4,9-11,16-17,27-28H,5-8,26H2.